The second-order valence-corrected chi connectivity index (χ2v) is 4.11. The molecule has 0 atom stereocenters. The van der Waals surface area contributed by atoms with Gasteiger partial charge in [0.05, 0.1) is 0 Å². The van der Waals surface area contributed by atoms with Crippen LogP contribution in [0.4, 0.5) is 5.69 Å². The van der Waals surface area contributed by atoms with Gasteiger partial charge in [0.25, 0.3) is 0 Å². The smallest absolute Gasteiger partial charge is 0.349 e. The molecular formula is C8H10NO3P. The van der Waals surface area contributed by atoms with Crippen molar-refractivity contribution in [1.29, 1.82) is 0 Å². The van der Waals surface area contributed by atoms with Crippen LogP contribution < -0.4 is 5.32 Å². The zero-order valence-electron chi connectivity index (χ0n) is 6.84. The van der Waals surface area contributed by atoms with Gasteiger partial charge in [0.15, 0.2) is 0 Å². The largest absolute Gasteiger partial charge is 0.371 e. The van der Waals surface area contributed by atoms with Crippen molar-refractivity contribution < 1.29 is 14.4 Å². The van der Waals surface area contributed by atoms with Gasteiger partial charge in [-0.1, -0.05) is 24.8 Å². The molecule has 0 fully saturated rings. The third kappa shape index (κ3) is 3.03. The summed E-state index contributed by atoms with van der Waals surface area (Å²) < 4.78 is 10.7. The summed E-state index contributed by atoms with van der Waals surface area (Å²) in [6.07, 6.45) is 0. The van der Waals surface area contributed by atoms with Gasteiger partial charge in [-0.25, -0.2) is 0 Å². The summed E-state index contributed by atoms with van der Waals surface area (Å²) in [6, 6.07) is 8.72. The molecule has 0 aliphatic rings. The Morgan fingerprint density at radius 3 is 2.31 bits per heavy atom. The summed E-state index contributed by atoms with van der Waals surface area (Å²) in [5, 5.41) is 2.52. The minimum absolute atomic E-state index is 0.293. The first kappa shape index (κ1) is 9.99. The molecule has 0 amide bonds. The summed E-state index contributed by atoms with van der Waals surface area (Å²) in [5.74, 6) is 0. The van der Waals surface area contributed by atoms with Crippen LogP contribution in [0.25, 0.3) is 0 Å². The quantitative estimate of drug-likeness (QED) is 0.648. The number of benzene rings is 1. The Morgan fingerprint density at radius 2 is 1.85 bits per heavy atom. The van der Waals surface area contributed by atoms with Gasteiger partial charge in [0, 0.05) is 5.69 Å². The number of rotatable bonds is 3. The molecule has 0 aliphatic carbocycles. The van der Waals surface area contributed by atoms with Crippen LogP contribution in [-0.2, 0) is 4.57 Å². The lowest BCUT2D eigenvalue weighted by atomic mass is 10.3. The molecule has 0 radical (unpaired) electrons. The summed E-state index contributed by atoms with van der Waals surface area (Å²) in [6.45, 7) is 3.25. The Kier molecular flexibility index (Phi) is 2.88. The van der Waals surface area contributed by atoms with Crippen LogP contribution in [0.2, 0.25) is 0 Å². The molecule has 5 heteroatoms. The van der Waals surface area contributed by atoms with E-state index in [0.717, 1.165) is 0 Å². The maximum Gasteiger partial charge on any atom is 0.371 e. The van der Waals surface area contributed by atoms with Crippen LogP contribution in [0.15, 0.2) is 42.3 Å². The van der Waals surface area contributed by atoms with Gasteiger partial charge in [0.1, 0.15) is 5.44 Å². The van der Waals surface area contributed by atoms with Gasteiger partial charge in [-0.05, 0) is 12.1 Å². The van der Waals surface area contributed by atoms with Crippen molar-refractivity contribution in [3.63, 3.8) is 0 Å². The van der Waals surface area contributed by atoms with E-state index in [4.69, 9.17) is 9.79 Å². The lowest BCUT2D eigenvalue weighted by Gasteiger charge is -2.09. The standard InChI is InChI=1S/C8H10NO3P/c1-7(13(10,11)12)9-8-5-3-2-4-6-8/h2-6,9H,1H2,(H2,10,11,12). The molecule has 0 spiro atoms. The average molecular weight is 199 g/mol. The van der Waals surface area contributed by atoms with E-state index in [-0.39, 0.29) is 5.44 Å². The van der Waals surface area contributed by atoms with E-state index >= 15 is 0 Å². The molecule has 0 aliphatic heterocycles. The Bertz CT molecular complexity index is 344. The van der Waals surface area contributed by atoms with Crippen molar-refractivity contribution in [2.75, 3.05) is 5.32 Å². The minimum atomic E-state index is -4.23. The van der Waals surface area contributed by atoms with E-state index in [1.165, 1.54) is 0 Å². The predicted octanol–water partition coefficient (Wildman–Crippen LogP) is 1.75. The fourth-order valence-electron chi connectivity index (χ4n) is 0.761. The first-order valence-corrected chi connectivity index (χ1v) is 5.18. The van der Waals surface area contributed by atoms with Gasteiger partial charge in [-0.2, -0.15) is 0 Å². The lowest BCUT2D eigenvalue weighted by Crippen LogP contribution is -1.98. The van der Waals surface area contributed by atoms with E-state index in [1.54, 1.807) is 24.3 Å². The second kappa shape index (κ2) is 3.75. The van der Waals surface area contributed by atoms with Crippen LogP contribution in [0.3, 0.4) is 0 Å². The first-order chi connectivity index (χ1) is 6.00. The Hall–Kier alpha value is -1.09. The maximum absolute atomic E-state index is 10.7. The minimum Gasteiger partial charge on any atom is -0.349 e. The van der Waals surface area contributed by atoms with E-state index in [1.807, 2.05) is 6.07 Å². The van der Waals surface area contributed by atoms with Crippen molar-refractivity contribution >= 4 is 13.3 Å². The molecule has 0 heterocycles. The van der Waals surface area contributed by atoms with Gasteiger partial charge >= 0.3 is 7.60 Å². The first-order valence-electron chi connectivity index (χ1n) is 3.57. The molecule has 4 nitrogen and oxygen atoms in total. The molecule has 0 bridgehead atoms. The molecule has 3 N–H and O–H groups in total. The Labute approximate surface area is 76.1 Å². The fourth-order valence-corrected chi connectivity index (χ4v) is 1.04. The molecule has 70 valence electrons. The van der Waals surface area contributed by atoms with E-state index in [0.29, 0.717) is 5.69 Å². The number of anilines is 1. The van der Waals surface area contributed by atoms with Crippen LogP contribution in [-0.4, -0.2) is 9.79 Å². The summed E-state index contributed by atoms with van der Waals surface area (Å²) in [5.41, 5.74) is 0.314. The monoisotopic (exact) mass is 199 g/mol. The highest BCUT2D eigenvalue weighted by Crippen LogP contribution is 2.43. The molecular weight excluding hydrogens is 189 g/mol. The normalized spacial score (nSPS) is 10.9. The molecule has 1 aromatic carbocycles. The SMILES string of the molecule is C=C(Nc1ccccc1)P(=O)(O)O. The van der Waals surface area contributed by atoms with Gasteiger partial charge in [0.2, 0.25) is 0 Å². The van der Waals surface area contributed by atoms with Crippen molar-refractivity contribution in [3.05, 3.63) is 42.3 Å². The average Bonchev–Trinajstić information content (AvgIpc) is 2.04. The van der Waals surface area contributed by atoms with E-state index < -0.39 is 7.60 Å². The van der Waals surface area contributed by atoms with Crippen molar-refractivity contribution in [2.45, 2.75) is 0 Å². The highest BCUT2D eigenvalue weighted by atomic mass is 31.2. The van der Waals surface area contributed by atoms with Crippen molar-refractivity contribution in [1.82, 2.24) is 0 Å². The lowest BCUT2D eigenvalue weighted by molar-refractivity contribution is 0.383. The molecule has 1 aromatic rings. The maximum atomic E-state index is 10.7. The molecule has 0 saturated carbocycles. The molecule has 0 aromatic heterocycles. The Morgan fingerprint density at radius 1 is 1.31 bits per heavy atom. The van der Waals surface area contributed by atoms with Crippen molar-refractivity contribution in [3.8, 4) is 0 Å². The number of para-hydroxylation sites is 1. The second-order valence-electron chi connectivity index (χ2n) is 2.48. The van der Waals surface area contributed by atoms with Crippen molar-refractivity contribution in [2.24, 2.45) is 0 Å². The molecule has 13 heavy (non-hydrogen) atoms. The van der Waals surface area contributed by atoms with Gasteiger partial charge in [-0.15, -0.1) is 0 Å². The number of hydrogen-bond donors (Lipinski definition) is 3. The fraction of sp³-hybridized carbons (Fsp3) is 0. The third-order valence-electron chi connectivity index (χ3n) is 1.41. The predicted molar refractivity (Wildman–Crippen MR) is 51.2 cm³/mol. The van der Waals surface area contributed by atoms with Crippen LogP contribution >= 0.6 is 7.60 Å². The zero-order chi connectivity index (χ0) is 9.90. The summed E-state index contributed by atoms with van der Waals surface area (Å²) in [4.78, 5) is 17.4. The zero-order valence-corrected chi connectivity index (χ0v) is 7.74. The summed E-state index contributed by atoms with van der Waals surface area (Å²) >= 11 is 0. The van der Waals surface area contributed by atoms with Gasteiger partial charge in [-0.3, -0.25) is 4.57 Å². The topological polar surface area (TPSA) is 69.6 Å². The van der Waals surface area contributed by atoms with Crippen LogP contribution in [0.5, 0.6) is 0 Å². The number of hydrogen-bond acceptors (Lipinski definition) is 2. The Balaban J connectivity index is 2.72. The highest BCUT2D eigenvalue weighted by Gasteiger charge is 2.17. The van der Waals surface area contributed by atoms with E-state index in [9.17, 15) is 4.57 Å². The van der Waals surface area contributed by atoms with Crippen LogP contribution in [0, 0.1) is 0 Å². The number of nitrogens with one attached hydrogen (secondary N) is 1. The van der Waals surface area contributed by atoms with Crippen LogP contribution in [0.1, 0.15) is 0 Å². The van der Waals surface area contributed by atoms with E-state index in [2.05, 4.69) is 11.9 Å². The third-order valence-corrected chi connectivity index (χ3v) is 2.23. The summed E-state index contributed by atoms with van der Waals surface area (Å²) in [7, 11) is -4.23. The van der Waals surface area contributed by atoms with Gasteiger partial charge < -0.3 is 15.1 Å². The molecule has 0 saturated heterocycles. The highest BCUT2D eigenvalue weighted by molar-refractivity contribution is 7.56. The molecule has 1 rings (SSSR count). The molecule has 0 unspecified atom stereocenters.